The molecule has 0 fully saturated rings. The molecule has 6 nitrogen and oxygen atoms in total. The molecule has 8 heteroatoms. The van der Waals surface area contributed by atoms with Gasteiger partial charge in [0.2, 0.25) is 11.8 Å². The average molecular weight is 482 g/mol. The number of carbonyl (C=O) groups is 1. The molecule has 4 rings (SSSR count). The third-order valence-electron chi connectivity index (χ3n) is 3.92. The van der Waals surface area contributed by atoms with Crippen molar-refractivity contribution >= 4 is 39.3 Å². The Morgan fingerprint density at radius 2 is 1.73 bits per heavy atom. The number of benzene rings is 3. The number of carbonyl (C=O) groups excluding carboxylic acids is 1. The normalized spacial score (nSPS) is 10.6. The Morgan fingerprint density at radius 1 is 0.967 bits per heavy atom. The second-order valence-electron chi connectivity index (χ2n) is 6.16. The van der Waals surface area contributed by atoms with Crippen LogP contribution in [0.4, 0.5) is 5.69 Å². The van der Waals surface area contributed by atoms with E-state index in [1.54, 1.807) is 24.3 Å². The molecule has 0 spiro atoms. The SMILES string of the molecule is O=C(CSc1nnc(-c2cccc(Br)c2)o1)Nc1ccc(Oc2ccccc2)cc1. The highest BCUT2D eigenvalue weighted by molar-refractivity contribution is 9.10. The molecule has 0 atom stereocenters. The molecule has 0 radical (unpaired) electrons. The number of rotatable bonds is 7. The first-order valence-electron chi connectivity index (χ1n) is 9.01. The average Bonchev–Trinajstić information content (AvgIpc) is 3.24. The molecule has 30 heavy (non-hydrogen) atoms. The van der Waals surface area contributed by atoms with Crippen molar-refractivity contribution in [3.8, 4) is 23.0 Å². The van der Waals surface area contributed by atoms with Gasteiger partial charge in [0.15, 0.2) is 0 Å². The van der Waals surface area contributed by atoms with Crippen LogP contribution in [0.2, 0.25) is 0 Å². The monoisotopic (exact) mass is 481 g/mol. The zero-order valence-corrected chi connectivity index (χ0v) is 18.0. The summed E-state index contributed by atoms with van der Waals surface area (Å²) < 4.78 is 12.3. The summed E-state index contributed by atoms with van der Waals surface area (Å²) in [6.07, 6.45) is 0. The maximum absolute atomic E-state index is 12.2. The highest BCUT2D eigenvalue weighted by Crippen LogP contribution is 2.26. The summed E-state index contributed by atoms with van der Waals surface area (Å²) in [5.41, 5.74) is 1.49. The number of amides is 1. The summed E-state index contributed by atoms with van der Waals surface area (Å²) in [7, 11) is 0. The number of hydrogen-bond donors (Lipinski definition) is 1. The molecular weight excluding hydrogens is 466 g/mol. The summed E-state index contributed by atoms with van der Waals surface area (Å²) in [4.78, 5) is 12.2. The highest BCUT2D eigenvalue weighted by Gasteiger charge is 2.12. The minimum Gasteiger partial charge on any atom is -0.457 e. The third-order valence-corrected chi connectivity index (χ3v) is 5.23. The van der Waals surface area contributed by atoms with Gasteiger partial charge in [-0.3, -0.25) is 4.79 Å². The molecule has 0 unspecified atom stereocenters. The number of aromatic nitrogens is 2. The Bertz CT molecular complexity index is 1130. The highest BCUT2D eigenvalue weighted by atomic mass is 79.9. The maximum atomic E-state index is 12.2. The quantitative estimate of drug-likeness (QED) is 0.325. The second kappa shape index (κ2) is 9.60. The summed E-state index contributed by atoms with van der Waals surface area (Å²) in [5.74, 6) is 1.85. The van der Waals surface area contributed by atoms with Crippen LogP contribution in [0.25, 0.3) is 11.5 Å². The fourth-order valence-electron chi connectivity index (χ4n) is 2.56. The molecule has 0 aliphatic rings. The van der Waals surface area contributed by atoms with Gasteiger partial charge in [0, 0.05) is 15.7 Å². The van der Waals surface area contributed by atoms with Crippen LogP contribution in [0.5, 0.6) is 11.5 Å². The number of nitrogens with zero attached hydrogens (tertiary/aromatic N) is 2. The predicted molar refractivity (Wildman–Crippen MR) is 120 cm³/mol. The van der Waals surface area contributed by atoms with Crippen LogP contribution < -0.4 is 10.1 Å². The number of ether oxygens (including phenoxy) is 1. The van der Waals surface area contributed by atoms with E-state index in [0.717, 1.165) is 15.8 Å². The zero-order chi connectivity index (χ0) is 20.8. The first-order chi connectivity index (χ1) is 14.7. The lowest BCUT2D eigenvalue weighted by Gasteiger charge is -2.07. The van der Waals surface area contributed by atoms with E-state index in [2.05, 4.69) is 31.4 Å². The molecule has 0 aliphatic heterocycles. The van der Waals surface area contributed by atoms with Crippen molar-refractivity contribution in [3.05, 3.63) is 83.3 Å². The van der Waals surface area contributed by atoms with Gasteiger partial charge < -0.3 is 14.5 Å². The van der Waals surface area contributed by atoms with Crippen molar-refractivity contribution in [1.82, 2.24) is 10.2 Å². The third kappa shape index (κ3) is 5.49. The first-order valence-corrected chi connectivity index (χ1v) is 10.8. The fraction of sp³-hybridized carbons (Fsp3) is 0.0455. The van der Waals surface area contributed by atoms with E-state index in [1.807, 2.05) is 54.6 Å². The summed E-state index contributed by atoms with van der Waals surface area (Å²) >= 11 is 4.60. The van der Waals surface area contributed by atoms with Gasteiger partial charge in [-0.25, -0.2) is 0 Å². The van der Waals surface area contributed by atoms with Gasteiger partial charge >= 0.3 is 0 Å². The van der Waals surface area contributed by atoms with Crippen LogP contribution in [0.15, 0.2) is 93.0 Å². The molecular formula is C22H16BrN3O3S. The van der Waals surface area contributed by atoms with Gasteiger partial charge in [-0.05, 0) is 54.6 Å². The van der Waals surface area contributed by atoms with Crippen LogP contribution in [0.3, 0.4) is 0 Å². The molecule has 0 bridgehead atoms. The Hall–Kier alpha value is -3.10. The number of halogens is 1. The zero-order valence-electron chi connectivity index (χ0n) is 15.6. The predicted octanol–water partition coefficient (Wildman–Crippen LogP) is 6.02. The van der Waals surface area contributed by atoms with E-state index < -0.39 is 0 Å². The molecule has 0 saturated heterocycles. The van der Waals surface area contributed by atoms with Crippen molar-refractivity contribution < 1.29 is 13.9 Å². The Labute approximate surface area is 185 Å². The Balaban J connectivity index is 1.29. The van der Waals surface area contributed by atoms with Crippen LogP contribution in [0, 0.1) is 0 Å². The molecule has 1 N–H and O–H groups in total. The van der Waals surface area contributed by atoms with Gasteiger partial charge in [0.25, 0.3) is 5.22 Å². The summed E-state index contributed by atoms with van der Waals surface area (Å²) in [5, 5.41) is 11.2. The van der Waals surface area contributed by atoms with Crippen molar-refractivity contribution in [2.45, 2.75) is 5.22 Å². The van der Waals surface area contributed by atoms with Crippen LogP contribution >= 0.6 is 27.7 Å². The van der Waals surface area contributed by atoms with Gasteiger partial charge in [-0.15, -0.1) is 10.2 Å². The molecule has 1 heterocycles. The lowest BCUT2D eigenvalue weighted by Crippen LogP contribution is -2.13. The molecule has 150 valence electrons. The summed E-state index contributed by atoms with van der Waals surface area (Å²) in [6, 6.07) is 24.3. The Kier molecular flexibility index (Phi) is 6.46. The molecule has 3 aromatic carbocycles. The first kappa shape index (κ1) is 20.2. The number of thioether (sulfide) groups is 1. The lowest BCUT2D eigenvalue weighted by molar-refractivity contribution is -0.113. The van der Waals surface area contributed by atoms with Crippen LogP contribution in [-0.4, -0.2) is 21.9 Å². The minimum atomic E-state index is -0.168. The lowest BCUT2D eigenvalue weighted by atomic mass is 10.2. The summed E-state index contributed by atoms with van der Waals surface area (Å²) in [6.45, 7) is 0. The van der Waals surface area contributed by atoms with E-state index >= 15 is 0 Å². The smallest absolute Gasteiger partial charge is 0.277 e. The molecule has 1 amide bonds. The number of nitrogens with one attached hydrogen (secondary N) is 1. The van der Waals surface area contributed by atoms with E-state index in [4.69, 9.17) is 9.15 Å². The molecule has 0 aliphatic carbocycles. The second-order valence-corrected chi connectivity index (χ2v) is 8.00. The molecule has 1 aromatic heterocycles. The van der Waals surface area contributed by atoms with Crippen LogP contribution in [0.1, 0.15) is 0 Å². The number of para-hydroxylation sites is 1. The van der Waals surface area contributed by atoms with E-state index in [1.165, 1.54) is 11.8 Å². The topological polar surface area (TPSA) is 77.2 Å². The van der Waals surface area contributed by atoms with Gasteiger partial charge in [0.05, 0.1) is 5.75 Å². The Morgan fingerprint density at radius 3 is 2.50 bits per heavy atom. The van der Waals surface area contributed by atoms with Crippen LogP contribution in [-0.2, 0) is 4.79 Å². The standard InChI is InChI=1S/C22H16BrN3O3S/c23-16-6-4-5-15(13-16)21-25-26-22(29-21)30-14-20(27)24-17-9-11-19(12-10-17)28-18-7-2-1-3-8-18/h1-13H,14H2,(H,24,27). The maximum Gasteiger partial charge on any atom is 0.277 e. The van der Waals surface area contributed by atoms with Gasteiger partial charge in [0.1, 0.15) is 11.5 Å². The fourth-order valence-corrected chi connectivity index (χ4v) is 3.52. The number of anilines is 1. The van der Waals surface area contributed by atoms with Crippen molar-refractivity contribution in [3.63, 3.8) is 0 Å². The van der Waals surface area contributed by atoms with Gasteiger partial charge in [-0.2, -0.15) is 0 Å². The van der Waals surface area contributed by atoms with Crippen molar-refractivity contribution in [2.75, 3.05) is 11.1 Å². The molecule has 4 aromatic rings. The number of hydrogen-bond acceptors (Lipinski definition) is 6. The minimum absolute atomic E-state index is 0.155. The van der Waals surface area contributed by atoms with E-state index in [9.17, 15) is 4.79 Å². The molecule has 0 saturated carbocycles. The van der Waals surface area contributed by atoms with E-state index in [0.29, 0.717) is 22.6 Å². The van der Waals surface area contributed by atoms with Crippen molar-refractivity contribution in [2.24, 2.45) is 0 Å². The van der Waals surface area contributed by atoms with E-state index in [-0.39, 0.29) is 11.7 Å². The largest absolute Gasteiger partial charge is 0.457 e. The van der Waals surface area contributed by atoms with Crippen molar-refractivity contribution in [1.29, 1.82) is 0 Å². The van der Waals surface area contributed by atoms with Gasteiger partial charge in [-0.1, -0.05) is 52.0 Å².